The Morgan fingerprint density at radius 1 is 1.13 bits per heavy atom. The Labute approximate surface area is 184 Å². The standard InChI is InChI=1S/C24H29NO5S/c1-23(2,3)15-7-10-17(11-8-15)31(27,28)21-19-14-24(4,25(5)22(21)26)30-20-12-9-16(29-6)13-18(19)20/h7-13,19,21H,14H2,1-6H3/t19-,21+,24-/m1/s1. The quantitative estimate of drug-likeness (QED) is 0.720. The van der Waals surface area contributed by atoms with Crippen molar-refractivity contribution in [3.05, 3.63) is 53.6 Å². The monoisotopic (exact) mass is 443 g/mol. The van der Waals surface area contributed by atoms with E-state index in [1.807, 2.05) is 19.1 Å². The molecular weight excluding hydrogens is 414 g/mol. The van der Waals surface area contributed by atoms with Crippen molar-refractivity contribution in [1.82, 2.24) is 4.90 Å². The van der Waals surface area contributed by atoms with Gasteiger partial charge < -0.3 is 14.4 Å². The van der Waals surface area contributed by atoms with Gasteiger partial charge in [-0.3, -0.25) is 4.79 Å². The van der Waals surface area contributed by atoms with Crippen molar-refractivity contribution in [3.8, 4) is 11.5 Å². The second-order valence-electron chi connectivity index (χ2n) is 9.63. The number of hydrogen-bond acceptors (Lipinski definition) is 5. The van der Waals surface area contributed by atoms with Crippen molar-refractivity contribution in [2.75, 3.05) is 14.2 Å². The van der Waals surface area contributed by atoms with Crippen LogP contribution in [0.1, 0.15) is 51.2 Å². The first kappa shape index (κ1) is 21.7. The molecule has 7 heteroatoms. The van der Waals surface area contributed by atoms with Gasteiger partial charge in [-0.05, 0) is 48.2 Å². The highest BCUT2D eigenvalue weighted by molar-refractivity contribution is 7.92. The zero-order chi connectivity index (χ0) is 22.8. The average molecular weight is 444 g/mol. The van der Waals surface area contributed by atoms with Crippen LogP contribution in [0, 0.1) is 0 Å². The fourth-order valence-corrected chi connectivity index (χ4v) is 6.45. The lowest BCUT2D eigenvalue weighted by molar-refractivity contribution is -0.159. The van der Waals surface area contributed by atoms with E-state index in [0.717, 1.165) is 5.56 Å². The van der Waals surface area contributed by atoms with Gasteiger partial charge in [0.2, 0.25) is 5.91 Å². The number of methoxy groups -OCH3 is 1. The van der Waals surface area contributed by atoms with Crippen LogP contribution in [0.2, 0.25) is 0 Å². The summed E-state index contributed by atoms with van der Waals surface area (Å²) in [6.07, 6.45) is 0.388. The number of carbonyl (C=O) groups excluding carboxylic acids is 1. The van der Waals surface area contributed by atoms with Crippen LogP contribution in [0.4, 0.5) is 0 Å². The Kier molecular flexibility index (Phi) is 4.89. The number of hydrogen-bond donors (Lipinski definition) is 0. The van der Waals surface area contributed by atoms with Gasteiger partial charge in [-0.2, -0.15) is 0 Å². The van der Waals surface area contributed by atoms with Crippen LogP contribution in [0.15, 0.2) is 47.4 Å². The van der Waals surface area contributed by atoms with Crippen molar-refractivity contribution in [3.63, 3.8) is 0 Å². The molecule has 2 aliphatic rings. The first-order chi connectivity index (χ1) is 14.4. The summed E-state index contributed by atoms with van der Waals surface area (Å²) in [5, 5.41) is -1.22. The number of rotatable bonds is 3. The predicted molar refractivity (Wildman–Crippen MR) is 118 cm³/mol. The van der Waals surface area contributed by atoms with Crippen LogP contribution >= 0.6 is 0 Å². The number of nitrogens with zero attached hydrogens (tertiary/aromatic N) is 1. The summed E-state index contributed by atoms with van der Waals surface area (Å²) in [6, 6.07) is 12.2. The first-order valence-electron chi connectivity index (χ1n) is 10.4. The molecule has 0 radical (unpaired) electrons. The number of fused-ring (bicyclic) bond motifs is 4. The minimum atomic E-state index is -3.93. The lowest BCUT2D eigenvalue weighted by atomic mass is 9.80. The Morgan fingerprint density at radius 2 is 1.77 bits per heavy atom. The van der Waals surface area contributed by atoms with Crippen LogP contribution in [0.25, 0.3) is 0 Å². The molecule has 166 valence electrons. The van der Waals surface area contributed by atoms with Crippen molar-refractivity contribution in [2.24, 2.45) is 0 Å². The Morgan fingerprint density at radius 3 is 2.35 bits per heavy atom. The number of amides is 1. The zero-order valence-corrected chi connectivity index (χ0v) is 19.6. The minimum Gasteiger partial charge on any atom is -0.497 e. The third-order valence-corrected chi connectivity index (χ3v) is 8.71. The van der Waals surface area contributed by atoms with Gasteiger partial charge in [0.1, 0.15) is 11.5 Å². The first-order valence-corrected chi connectivity index (χ1v) is 11.9. The summed E-state index contributed by atoms with van der Waals surface area (Å²) >= 11 is 0. The number of ether oxygens (including phenoxy) is 2. The molecule has 1 saturated heterocycles. The molecule has 2 aliphatic heterocycles. The predicted octanol–water partition coefficient (Wildman–Crippen LogP) is 3.89. The summed E-state index contributed by atoms with van der Waals surface area (Å²) in [5.74, 6) is 0.206. The maximum Gasteiger partial charge on any atom is 0.244 e. The molecule has 1 fully saturated rings. The number of likely N-dealkylation sites (tertiary alicyclic amines) is 1. The molecule has 0 saturated carbocycles. The molecule has 2 heterocycles. The maximum atomic E-state index is 13.8. The van der Waals surface area contributed by atoms with Crippen LogP contribution in [0.5, 0.6) is 11.5 Å². The molecule has 2 aromatic carbocycles. The Hall–Kier alpha value is -2.54. The van der Waals surface area contributed by atoms with Crippen molar-refractivity contribution in [1.29, 1.82) is 0 Å². The molecule has 0 spiro atoms. The van der Waals surface area contributed by atoms with E-state index in [4.69, 9.17) is 9.47 Å². The number of sulfone groups is 1. The summed E-state index contributed by atoms with van der Waals surface area (Å²) in [6.45, 7) is 8.04. The van der Waals surface area contributed by atoms with Gasteiger partial charge in [-0.25, -0.2) is 8.42 Å². The van der Waals surface area contributed by atoms with Gasteiger partial charge in [-0.15, -0.1) is 0 Å². The second kappa shape index (κ2) is 6.99. The molecule has 2 aromatic rings. The molecular formula is C24H29NO5S. The topological polar surface area (TPSA) is 72.9 Å². The van der Waals surface area contributed by atoms with Crippen molar-refractivity contribution >= 4 is 15.7 Å². The summed E-state index contributed by atoms with van der Waals surface area (Å²) in [7, 11) is -0.769. The largest absolute Gasteiger partial charge is 0.497 e. The maximum absolute atomic E-state index is 13.8. The van der Waals surface area contributed by atoms with Gasteiger partial charge in [0, 0.05) is 24.9 Å². The van der Waals surface area contributed by atoms with E-state index < -0.39 is 32.6 Å². The molecule has 0 aromatic heterocycles. The second-order valence-corrected chi connectivity index (χ2v) is 11.7. The van der Waals surface area contributed by atoms with E-state index in [-0.39, 0.29) is 10.3 Å². The smallest absolute Gasteiger partial charge is 0.244 e. The third-order valence-electron chi connectivity index (χ3n) is 6.58. The number of piperidine rings is 1. The molecule has 31 heavy (non-hydrogen) atoms. The summed E-state index contributed by atoms with van der Waals surface area (Å²) in [4.78, 5) is 15.0. The highest BCUT2D eigenvalue weighted by Crippen LogP contribution is 2.50. The van der Waals surface area contributed by atoms with Gasteiger partial charge in [0.05, 0.1) is 12.0 Å². The fraction of sp³-hybridized carbons (Fsp3) is 0.458. The van der Waals surface area contributed by atoms with E-state index in [1.54, 1.807) is 44.5 Å². The van der Waals surface area contributed by atoms with Crippen molar-refractivity contribution < 1.29 is 22.7 Å². The highest BCUT2D eigenvalue weighted by Gasteiger charge is 2.57. The van der Waals surface area contributed by atoms with E-state index >= 15 is 0 Å². The lowest BCUT2D eigenvalue weighted by Crippen LogP contribution is -2.64. The van der Waals surface area contributed by atoms with E-state index in [2.05, 4.69) is 20.8 Å². The third kappa shape index (κ3) is 3.39. The molecule has 4 rings (SSSR count). The van der Waals surface area contributed by atoms with E-state index in [0.29, 0.717) is 23.5 Å². The van der Waals surface area contributed by atoms with Crippen LogP contribution in [0.3, 0.4) is 0 Å². The summed E-state index contributed by atoms with van der Waals surface area (Å²) < 4.78 is 39.0. The lowest BCUT2D eigenvalue weighted by Gasteiger charge is -2.51. The van der Waals surface area contributed by atoms with Gasteiger partial charge in [-0.1, -0.05) is 32.9 Å². The molecule has 0 N–H and O–H groups in total. The van der Waals surface area contributed by atoms with Crippen LogP contribution < -0.4 is 9.47 Å². The summed E-state index contributed by atoms with van der Waals surface area (Å²) in [5.41, 5.74) is 0.734. The van der Waals surface area contributed by atoms with E-state index in [9.17, 15) is 13.2 Å². The van der Waals surface area contributed by atoms with Gasteiger partial charge >= 0.3 is 0 Å². The van der Waals surface area contributed by atoms with Crippen LogP contribution in [-0.2, 0) is 20.0 Å². The zero-order valence-electron chi connectivity index (χ0n) is 18.8. The molecule has 2 bridgehead atoms. The van der Waals surface area contributed by atoms with Gasteiger partial charge in [0.25, 0.3) is 0 Å². The van der Waals surface area contributed by atoms with Crippen LogP contribution in [-0.4, -0.2) is 44.4 Å². The molecule has 3 atom stereocenters. The molecule has 6 nitrogen and oxygen atoms in total. The van der Waals surface area contributed by atoms with Gasteiger partial charge in [0.15, 0.2) is 20.8 Å². The minimum absolute atomic E-state index is 0.0960. The van der Waals surface area contributed by atoms with E-state index in [1.165, 1.54) is 4.90 Å². The molecule has 1 amide bonds. The molecule has 0 unspecified atom stereocenters. The SMILES string of the molecule is COc1ccc2c(c1)[C@H]1C[C@@](C)(O2)N(C)C(=O)[C@H]1S(=O)(=O)c1ccc(C(C)(C)C)cc1. The Bertz CT molecular complexity index is 1130. The highest BCUT2D eigenvalue weighted by atomic mass is 32.2. The number of carbonyl (C=O) groups is 1. The fourth-order valence-electron chi connectivity index (χ4n) is 4.54. The number of benzene rings is 2. The van der Waals surface area contributed by atoms with Crippen molar-refractivity contribution in [2.45, 2.75) is 61.3 Å². The average Bonchev–Trinajstić information content (AvgIpc) is 2.71. The normalized spacial score (nSPS) is 25.6. The Balaban J connectivity index is 1.84. The molecule has 0 aliphatic carbocycles.